The summed E-state index contributed by atoms with van der Waals surface area (Å²) in [7, 11) is 0. The predicted molar refractivity (Wildman–Crippen MR) is 108 cm³/mol. The van der Waals surface area contributed by atoms with Crippen molar-refractivity contribution >= 4 is 35.1 Å². The van der Waals surface area contributed by atoms with Crippen molar-refractivity contribution in [1.29, 1.82) is 0 Å². The summed E-state index contributed by atoms with van der Waals surface area (Å²) in [5, 5.41) is 0.615. The molecule has 0 spiro atoms. The van der Waals surface area contributed by atoms with Crippen molar-refractivity contribution in [2.24, 2.45) is 0 Å². The van der Waals surface area contributed by atoms with Crippen LogP contribution in [0.1, 0.15) is 42.5 Å². The van der Waals surface area contributed by atoms with Gasteiger partial charge in [0.1, 0.15) is 0 Å². The van der Waals surface area contributed by atoms with Crippen molar-refractivity contribution in [2.75, 3.05) is 37.7 Å². The summed E-state index contributed by atoms with van der Waals surface area (Å²) in [6.07, 6.45) is 4.13. The van der Waals surface area contributed by atoms with Crippen LogP contribution in [0, 0.1) is 0 Å². The Morgan fingerprint density at radius 1 is 1.04 bits per heavy atom. The maximum atomic E-state index is 12.8. The first kappa shape index (κ1) is 19.7. The van der Waals surface area contributed by atoms with Gasteiger partial charge in [0.15, 0.2) is 5.78 Å². The summed E-state index contributed by atoms with van der Waals surface area (Å²) in [4.78, 5) is 29.7. The van der Waals surface area contributed by atoms with Gasteiger partial charge in [0.05, 0.1) is 6.04 Å². The monoisotopic (exact) mass is 394 g/mol. The lowest BCUT2D eigenvalue weighted by Gasteiger charge is -2.32. The normalized spacial score (nSPS) is 21.6. The van der Waals surface area contributed by atoms with Crippen molar-refractivity contribution < 1.29 is 9.59 Å². The number of hydrogen-bond donors (Lipinski definition) is 0. The molecule has 0 saturated carbocycles. The third kappa shape index (κ3) is 5.48. The summed E-state index contributed by atoms with van der Waals surface area (Å²) in [6.45, 7) is 4.10. The molecule has 4 nitrogen and oxygen atoms in total. The smallest absolute Gasteiger partial charge is 0.223 e. The summed E-state index contributed by atoms with van der Waals surface area (Å²) in [6, 6.07) is 7.17. The minimum atomic E-state index is 0.00954. The fourth-order valence-corrected chi connectivity index (χ4v) is 4.90. The van der Waals surface area contributed by atoms with E-state index in [-0.39, 0.29) is 24.2 Å². The van der Waals surface area contributed by atoms with Gasteiger partial charge in [0.25, 0.3) is 0 Å². The Labute approximate surface area is 165 Å². The molecule has 2 heterocycles. The average Bonchev–Trinajstić information content (AvgIpc) is 3.04. The molecular weight excluding hydrogens is 368 g/mol. The molecular formula is C20H27ClN2O2S. The molecule has 0 aromatic heterocycles. The molecule has 2 saturated heterocycles. The van der Waals surface area contributed by atoms with Crippen LogP contribution < -0.4 is 0 Å². The van der Waals surface area contributed by atoms with E-state index < -0.39 is 0 Å². The largest absolute Gasteiger partial charge is 0.338 e. The van der Waals surface area contributed by atoms with Crippen LogP contribution in [0.5, 0.6) is 0 Å². The fraction of sp³-hybridized carbons (Fsp3) is 0.600. The molecule has 0 radical (unpaired) electrons. The number of nitrogens with zero attached hydrogens (tertiary/aromatic N) is 2. The molecule has 2 fully saturated rings. The number of halogens is 1. The lowest BCUT2D eigenvalue weighted by molar-refractivity contribution is -0.133. The number of amides is 1. The zero-order valence-corrected chi connectivity index (χ0v) is 16.7. The van der Waals surface area contributed by atoms with E-state index >= 15 is 0 Å². The summed E-state index contributed by atoms with van der Waals surface area (Å²) < 4.78 is 0. The quantitative estimate of drug-likeness (QED) is 0.689. The van der Waals surface area contributed by atoms with E-state index in [0.717, 1.165) is 44.1 Å². The molecule has 1 amide bonds. The number of carbonyl (C=O) groups is 2. The highest BCUT2D eigenvalue weighted by atomic mass is 35.5. The number of benzene rings is 1. The first-order chi connectivity index (χ1) is 12.6. The van der Waals surface area contributed by atoms with Gasteiger partial charge in [0.2, 0.25) is 5.91 Å². The van der Waals surface area contributed by atoms with Gasteiger partial charge in [-0.3, -0.25) is 9.59 Å². The van der Waals surface area contributed by atoms with Gasteiger partial charge in [-0.2, -0.15) is 11.8 Å². The topological polar surface area (TPSA) is 40.6 Å². The standard InChI is InChI=1S/C20H27ClN2O2S/c21-17-6-4-16(5-7-17)19(24)8-9-20(25)23-12-3-13-26-15-18(23)14-22-10-1-2-11-22/h4-7,18H,1-3,8-15H2/t18-/m1/s1. The van der Waals surface area contributed by atoms with Gasteiger partial charge in [-0.25, -0.2) is 0 Å². The Hall–Kier alpha value is -1.04. The van der Waals surface area contributed by atoms with E-state index in [2.05, 4.69) is 4.90 Å². The van der Waals surface area contributed by atoms with Gasteiger partial charge in [-0.05, 0) is 62.4 Å². The SMILES string of the molecule is O=C(CCC(=O)N1CCCSC[C@H]1CN1CCCC1)c1ccc(Cl)cc1. The number of hydrogen-bond acceptors (Lipinski definition) is 4. The summed E-state index contributed by atoms with van der Waals surface area (Å²) in [5.41, 5.74) is 0.627. The third-order valence-electron chi connectivity index (χ3n) is 5.16. The van der Waals surface area contributed by atoms with Gasteiger partial charge in [-0.1, -0.05) is 11.6 Å². The van der Waals surface area contributed by atoms with Crippen molar-refractivity contribution in [3.05, 3.63) is 34.9 Å². The lowest BCUT2D eigenvalue weighted by atomic mass is 10.1. The molecule has 0 N–H and O–H groups in total. The lowest BCUT2D eigenvalue weighted by Crippen LogP contribution is -2.47. The highest BCUT2D eigenvalue weighted by Gasteiger charge is 2.28. The number of likely N-dealkylation sites (tertiary alicyclic amines) is 1. The van der Waals surface area contributed by atoms with E-state index in [1.807, 2.05) is 16.7 Å². The fourth-order valence-electron chi connectivity index (χ4n) is 3.72. The minimum Gasteiger partial charge on any atom is -0.338 e. The average molecular weight is 395 g/mol. The maximum Gasteiger partial charge on any atom is 0.223 e. The van der Waals surface area contributed by atoms with Crippen LogP contribution in [0.3, 0.4) is 0 Å². The molecule has 2 aliphatic rings. The minimum absolute atomic E-state index is 0.00954. The molecule has 6 heteroatoms. The molecule has 142 valence electrons. The highest BCUT2D eigenvalue weighted by Crippen LogP contribution is 2.21. The van der Waals surface area contributed by atoms with Crippen molar-refractivity contribution in [2.45, 2.75) is 38.1 Å². The molecule has 3 rings (SSSR count). The van der Waals surface area contributed by atoms with Crippen molar-refractivity contribution in [3.63, 3.8) is 0 Å². The molecule has 1 atom stereocenters. The van der Waals surface area contributed by atoms with E-state index in [0.29, 0.717) is 17.0 Å². The van der Waals surface area contributed by atoms with Gasteiger partial charge < -0.3 is 9.80 Å². The second kappa shape index (κ2) is 9.77. The van der Waals surface area contributed by atoms with E-state index in [1.165, 1.54) is 12.8 Å². The second-order valence-electron chi connectivity index (χ2n) is 7.11. The Morgan fingerprint density at radius 2 is 1.77 bits per heavy atom. The van der Waals surface area contributed by atoms with Gasteiger partial charge >= 0.3 is 0 Å². The maximum absolute atomic E-state index is 12.8. The number of Topliss-reactive ketones (excluding diaryl/α,β-unsaturated/α-hetero) is 1. The van der Waals surface area contributed by atoms with Crippen LogP contribution in [0.25, 0.3) is 0 Å². The zero-order chi connectivity index (χ0) is 18.4. The molecule has 26 heavy (non-hydrogen) atoms. The van der Waals surface area contributed by atoms with Crippen LogP contribution in [0.2, 0.25) is 5.02 Å². The highest BCUT2D eigenvalue weighted by molar-refractivity contribution is 7.99. The first-order valence-electron chi connectivity index (χ1n) is 9.52. The molecule has 0 unspecified atom stereocenters. The van der Waals surface area contributed by atoms with E-state index in [1.54, 1.807) is 24.3 Å². The Morgan fingerprint density at radius 3 is 2.50 bits per heavy atom. The van der Waals surface area contributed by atoms with Gasteiger partial charge in [0, 0.05) is 42.3 Å². The van der Waals surface area contributed by atoms with Crippen LogP contribution in [-0.2, 0) is 4.79 Å². The number of ketones is 1. The van der Waals surface area contributed by atoms with Crippen molar-refractivity contribution in [3.8, 4) is 0 Å². The third-order valence-corrected chi connectivity index (χ3v) is 6.61. The molecule has 1 aromatic rings. The van der Waals surface area contributed by atoms with E-state index in [9.17, 15) is 9.59 Å². The molecule has 0 bridgehead atoms. The van der Waals surface area contributed by atoms with Crippen LogP contribution >= 0.6 is 23.4 Å². The van der Waals surface area contributed by atoms with Crippen LogP contribution in [0.4, 0.5) is 0 Å². The Kier molecular flexibility index (Phi) is 7.41. The van der Waals surface area contributed by atoms with Crippen LogP contribution in [0.15, 0.2) is 24.3 Å². The van der Waals surface area contributed by atoms with E-state index in [4.69, 9.17) is 11.6 Å². The molecule has 1 aromatic carbocycles. The molecule has 0 aliphatic carbocycles. The first-order valence-corrected chi connectivity index (χ1v) is 11.0. The summed E-state index contributed by atoms with van der Waals surface area (Å²) in [5.74, 6) is 2.26. The number of carbonyl (C=O) groups excluding carboxylic acids is 2. The zero-order valence-electron chi connectivity index (χ0n) is 15.2. The predicted octanol–water partition coefficient (Wildman–Crippen LogP) is 3.73. The number of thioether (sulfide) groups is 1. The number of rotatable bonds is 6. The Bertz CT molecular complexity index is 617. The second-order valence-corrected chi connectivity index (χ2v) is 8.69. The molecule has 2 aliphatic heterocycles. The Balaban J connectivity index is 1.56. The van der Waals surface area contributed by atoms with Crippen LogP contribution in [-0.4, -0.2) is 65.2 Å². The van der Waals surface area contributed by atoms with Gasteiger partial charge in [-0.15, -0.1) is 0 Å². The summed E-state index contributed by atoms with van der Waals surface area (Å²) >= 11 is 7.82. The van der Waals surface area contributed by atoms with Crippen molar-refractivity contribution in [1.82, 2.24) is 9.80 Å².